The van der Waals surface area contributed by atoms with E-state index in [-0.39, 0.29) is 11.4 Å². The molecule has 44 heavy (non-hydrogen) atoms. The number of aromatic hydroxyl groups is 1. The van der Waals surface area contributed by atoms with Crippen molar-refractivity contribution in [3.05, 3.63) is 95.8 Å². The van der Waals surface area contributed by atoms with Crippen molar-refractivity contribution in [1.82, 2.24) is 4.90 Å². The van der Waals surface area contributed by atoms with Crippen LogP contribution in [0.4, 0.5) is 45.1 Å². The van der Waals surface area contributed by atoms with Gasteiger partial charge in [-0.3, -0.25) is 0 Å². The summed E-state index contributed by atoms with van der Waals surface area (Å²) in [7, 11) is 3.92. The molecular weight excluding hydrogens is 576 g/mol. The molecule has 4 aromatic rings. The monoisotopic (exact) mass is 608 g/mol. The molecule has 11 heteroatoms. The Hall–Kier alpha value is -4.77. The number of ether oxygens (including phenoxy) is 1. The fraction of sp³-hybridized carbons (Fsp3) is 0.242. The Morgan fingerprint density at radius 1 is 1.00 bits per heavy atom. The molecule has 1 heterocycles. The molecule has 0 aromatic heterocycles. The lowest BCUT2D eigenvalue weighted by Crippen LogP contribution is -2.27. The first-order chi connectivity index (χ1) is 20.7. The van der Waals surface area contributed by atoms with Crippen LogP contribution < -0.4 is 20.3 Å². The number of hydrogen-bond acceptors (Lipinski definition) is 5. The van der Waals surface area contributed by atoms with E-state index in [1.54, 1.807) is 24.3 Å². The van der Waals surface area contributed by atoms with E-state index in [0.29, 0.717) is 46.8 Å². The standard InChI is InChI=1S/C33H32F4N4O3/c1-32(2)19-41(30-27(42)17-24(34)28(29(30)32)21-9-7-8-20(16-21)18-40(3)4)26-11-6-5-10-25(26)39-31(43)38-22-12-14-23(15-13-22)44-33(35,36)37/h5-17,42H,18-19H2,1-4H3,(H2,38,39,43). The highest BCUT2D eigenvalue weighted by atomic mass is 19.4. The predicted molar refractivity (Wildman–Crippen MR) is 163 cm³/mol. The quantitative estimate of drug-likeness (QED) is 0.184. The number of phenols is 1. The molecule has 0 radical (unpaired) electrons. The summed E-state index contributed by atoms with van der Waals surface area (Å²) >= 11 is 0. The lowest BCUT2D eigenvalue weighted by Gasteiger charge is -2.25. The second-order valence-corrected chi connectivity index (χ2v) is 11.6. The highest BCUT2D eigenvalue weighted by Gasteiger charge is 2.42. The third-order valence-electron chi connectivity index (χ3n) is 7.24. The summed E-state index contributed by atoms with van der Waals surface area (Å²) in [5.41, 5.74) is 3.84. The van der Waals surface area contributed by atoms with Crippen molar-refractivity contribution in [2.75, 3.05) is 36.2 Å². The topological polar surface area (TPSA) is 77.1 Å². The van der Waals surface area contributed by atoms with E-state index in [2.05, 4.69) is 15.4 Å². The summed E-state index contributed by atoms with van der Waals surface area (Å²) < 4.78 is 57.0. The van der Waals surface area contributed by atoms with Crippen molar-refractivity contribution in [3.63, 3.8) is 0 Å². The Morgan fingerprint density at radius 3 is 2.39 bits per heavy atom. The molecule has 0 spiro atoms. The zero-order chi connectivity index (χ0) is 31.8. The van der Waals surface area contributed by atoms with Gasteiger partial charge in [-0.25, -0.2) is 9.18 Å². The highest BCUT2D eigenvalue weighted by molar-refractivity contribution is 6.03. The van der Waals surface area contributed by atoms with Gasteiger partial charge in [-0.05, 0) is 73.3 Å². The SMILES string of the molecule is CN(C)Cc1cccc(-c2c(F)cc(O)c3c2C(C)(C)CN3c2ccccc2NC(=O)Nc2ccc(OC(F)(F)F)cc2)c1. The Morgan fingerprint density at radius 2 is 1.70 bits per heavy atom. The van der Waals surface area contributed by atoms with E-state index in [9.17, 15) is 23.1 Å². The normalized spacial score (nSPS) is 14.0. The number of amides is 2. The van der Waals surface area contributed by atoms with Crippen molar-refractivity contribution >= 4 is 28.8 Å². The molecule has 0 atom stereocenters. The van der Waals surface area contributed by atoms with Crippen LogP contribution in [0.1, 0.15) is 25.0 Å². The molecule has 1 aliphatic rings. The van der Waals surface area contributed by atoms with Gasteiger partial charge < -0.3 is 30.3 Å². The van der Waals surface area contributed by atoms with E-state index < -0.39 is 29.4 Å². The molecule has 5 rings (SSSR count). The summed E-state index contributed by atoms with van der Waals surface area (Å²) in [5, 5.41) is 16.5. The Labute approximate surface area is 252 Å². The number of alkyl halides is 3. The number of nitrogens with zero attached hydrogens (tertiary/aromatic N) is 2. The summed E-state index contributed by atoms with van der Waals surface area (Å²) in [6.07, 6.45) is -4.82. The van der Waals surface area contributed by atoms with E-state index in [1.807, 2.05) is 62.0 Å². The van der Waals surface area contributed by atoms with Crippen molar-refractivity contribution in [1.29, 1.82) is 0 Å². The van der Waals surface area contributed by atoms with Crippen LogP contribution in [-0.2, 0) is 12.0 Å². The van der Waals surface area contributed by atoms with Crippen LogP contribution >= 0.6 is 0 Å². The molecule has 0 aliphatic carbocycles. The zero-order valence-electron chi connectivity index (χ0n) is 24.6. The average Bonchev–Trinajstić information content (AvgIpc) is 3.20. The smallest absolute Gasteiger partial charge is 0.506 e. The molecule has 2 amide bonds. The minimum absolute atomic E-state index is 0.225. The van der Waals surface area contributed by atoms with Crippen LogP contribution in [0.15, 0.2) is 78.9 Å². The van der Waals surface area contributed by atoms with Crippen LogP contribution in [0, 0.1) is 5.82 Å². The van der Waals surface area contributed by atoms with E-state index in [4.69, 9.17) is 0 Å². The Kier molecular flexibility index (Phi) is 8.17. The van der Waals surface area contributed by atoms with E-state index >= 15 is 4.39 Å². The second-order valence-electron chi connectivity index (χ2n) is 11.6. The van der Waals surface area contributed by atoms with Gasteiger partial charge in [0, 0.05) is 35.8 Å². The number of para-hydroxylation sites is 2. The first-order valence-electron chi connectivity index (χ1n) is 13.8. The maximum atomic E-state index is 15.7. The fourth-order valence-electron chi connectivity index (χ4n) is 5.63. The molecule has 0 saturated carbocycles. The molecule has 0 unspecified atom stereocenters. The average molecular weight is 609 g/mol. The van der Waals surface area contributed by atoms with Crippen molar-refractivity contribution < 1.29 is 32.2 Å². The number of benzene rings is 4. The molecule has 0 fully saturated rings. The van der Waals surface area contributed by atoms with Gasteiger partial charge in [-0.2, -0.15) is 0 Å². The molecule has 3 N–H and O–H groups in total. The number of carbonyl (C=O) groups excluding carboxylic acids is 1. The number of urea groups is 1. The first-order valence-corrected chi connectivity index (χ1v) is 13.8. The molecular formula is C33H32F4N4O3. The summed E-state index contributed by atoms with van der Waals surface area (Å²) in [6, 6.07) is 19.9. The van der Waals surface area contributed by atoms with Gasteiger partial charge in [0.1, 0.15) is 17.3 Å². The van der Waals surface area contributed by atoms with Gasteiger partial charge in [0.05, 0.1) is 17.1 Å². The fourth-order valence-corrected chi connectivity index (χ4v) is 5.63. The van der Waals surface area contributed by atoms with Crippen molar-refractivity contribution in [2.45, 2.75) is 32.2 Å². The van der Waals surface area contributed by atoms with E-state index in [0.717, 1.165) is 23.8 Å². The van der Waals surface area contributed by atoms with Gasteiger partial charge in [0.2, 0.25) is 0 Å². The zero-order valence-corrected chi connectivity index (χ0v) is 24.6. The lowest BCUT2D eigenvalue weighted by atomic mass is 9.81. The third-order valence-corrected chi connectivity index (χ3v) is 7.24. The van der Waals surface area contributed by atoms with Crippen LogP contribution in [0.25, 0.3) is 11.1 Å². The van der Waals surface area contributed by atoms with Crippen molar-refractivity contribution in [2.24, 2.45) is 0 Å². The number of hydrogen-bond donors (Lipinski definition) is 3. The van der Waals surface area contributed by atoms with Crippen LogP contribution in [-0.4, -0.2) is 43.0 Å². The summed E-state index contributed by atoms with van der Waals surface area (Å²) in [4.78, 5) is 16.8. The number of anilines is 4. The van der Waals surface area contributed by atoms with Crippen LogP contribution in [0.3, 0.4) is 0 Å². The first kappa shape index (κ1) is 30.7. The molecule has 230 valence electrons. The van der Waals surface area contributed by atoms with Gasteiger partial charge in [0.25, 0.3) is 0 Å². The molecule has 0 saturated heterocycles. The van der Waals surface area contributed by atoms with E-state index in [1.165, 1.54) is 12.1 Å². The largest absolute Gasteiger partial charge is 0.573 e. The number of halogens is 4. The van der Waals surface area contributed by atoms with Crippen LogP contribution in [0.5, 0.6) is 11.5 Å². The van der Waals surface area contributed by atoms with Gasteiger partial charge >= 0.3 is 12.4 Å². The summed E-state index contributed by atoms with van der Waals surface area (Å²) in [6.45, 7) is 5.02. The van der Waals surface area contributed by atoms with Gasteiger partial charge in [-0.15, -0.1) is 13.2 Å². The number of carbonyl (C=O) groups is 1. The number of phenolic OH excluding ortho intramolecular Hbond substituents is 1. The Balaban J connectivity index is 1.47. The second kappa shape index (κ2) is 11.7. The molecule has 0 bridgehead atoms. The number of rotatable bonds is 7. The predicted octanol–water partition coefficient (Wildman–Crippen LogP) is 8.23. The maximum absolute atomic E-state index is 15.7. The maximum Gasteiger partial charge on any atom is 0.573 e. The number of fused-ring (bicyclic) bond motifs is 1. The van der Waals surface area contributed by atoms with Gasteiger partial charge in [-0.1, -0.05) is 44.2 Å². The third kappa shape index (κ3) is 6.57. The summed E-state index contributed by atoms with van der Waals surface area (Å²) in [5.74, 6) is -1.17. The van der Waals surface area contributed by atoms with Crippen molar-refractivity contribution in [3.8, 4) is 22.6 Å². The molecule has 4 aromatic carbocycles. The molecule has 7 nitrogen and oxygen atoms in total. The molecule has 1 aliphatic heterocycles. The minimum Gasteiger partial charge on any atom is -0.506 e. The minimum atomic E-state index is -4.82. The van der Waals surface area contributed by atoms with Crippen LogP contribution in [0.2, 0.25) is 0 Å². The highest BCUT2D eigenvalue weighted by Crippen LogP contribution is 2.54. The number of nitrogens with one attached hydrogen (secondary N) is 2. The Bertz CT molecular complexity index is 1690. The lowest BCUT2D eigenvalue weighted by molar-refractivity contribution is -0.274. The van der Waals surface area contributed by atoms with Gasteiger partial charge in [0.15, 0.2) is 0 Å².